The maximum absolute atomic E-state index is 12.4. The molecule has 5 heteroatoms. The second kappa shape index (κ2) is 6.01. The first-order valence-corrected chi connectivity index (χ1v) is 6.65. The molecule has 0 radical (unpaired) electrons. The highest BCUT2D eigenvalue weighted by molar-refractivity contribution is 6.29. The number of aromatic nitrogens is 2. The van der Waals surface area contributed by atoms with Gasteiger partial charge in [0.05, 0.1) is 12.2 Å². The minimum atomic E-state index is -0.0966. The topological polar surface area (TPSA) is 46.1 Å². The Kier molecular flexibility index (Phi) is 4.35. The number of carbonyl (C=O) groups is 1. The molecule has 0 N–H and O–H groups in total. The van der Waals surface area contributed by atoms with E-state index in [2.05, 4.69) is 9.97 Å². The third-order valence-electron chi connectivity index (χ3n) is 2.86. The van der Waals surface area contributed by atoms with Crippen LogP contribution < -0.4 is 0 Å². The molecule has 0 fully saturated rings. The molecule has 0 bridgehead atoms. The lowest BCUT2D eigenvalue weighted by atomic mass is 10.2. The quantitative estimate of drug-likeness (QED) is 0.816. The van der Waals surface area contributed by atoms with Gasteiger partial charge in [-0.1, -0.05) is 17.7 Å². The Morgan fingerprint density at radius 2 is 1.95 bits per heavy atom. The molecule has 2 aromatic heterocycles. The predicted octanol–water partition coefficient (Wildman–Crippen LogP) is 3.02. The van der Waals surface area contributed by atoms with Crippen molar-refractivity contribution in [2.75, 3.05) is 7.05 Å². The van der Waals surface area contributed by atoms with E-state index in [0.29, 0.717) is 17.3 Å². The second-order valence-corrected chi connectivity index (χ2v) is 5.14. The molecule has 0 atom stereocenters. The van der Waals surface area contributed by atoms with Crippen LogP contribution >= 0.6 is 11.6 Å². The van der Waals surface area contributed by atoms with E-state index >= 15 is 0 Å². The lowest BCUT2D eigenvalue weighted by Crippen LogP contribution is -2.26. The molecule has 2 heterocycles. The van der Waals surface area contributed by atoms with E-state index in [1.54, 1.807) is 24.1 Å². The van der Waals surface area contributed by atoms with Crippen LogP contribution in [0, 0.1) is 13.8 Å². The summed E-state index contributed by atoms with van der Waals surface area (Å²) in [5.41, 5.74) is 3.06. The van der Waals surface area contributed by atoms with Crippen LogP contribution in [0.15, 0.2) is 30.3 Å². The zero-order chi connectivity index (χ0) is 14.7. The average Bonchev–Trinajstić information content (AvgIpc) is 2.36. The van der Waals surface area contributed by atoms with Crippen LogP contribution in [0.5, 0.6) is 0 Å². The van der Waals surface area contributed by atoms with Crippen LogP contribution in [0.3, 0.4) is 0 Å². The molecule has 2 rings (SSSR count). The van der Waals surface area contributed by atoms with E-state index in [4.69, 9.17) is 11.6 Å². The van der Waals surface area contributed by atoms with Crippen LogP contribution in [-0.4, -0.2) is 27.8 Å². The van der Waals surface area contributed by atoms with Crippen molar-refractivity contribution in [1.29, 1.82) is 0 Å². The third-order valence-corrected chi connectivity index (χ3v) is 3.05. The average molecular weight is 290 g/mol. The van der Waals surface area contributed by atoms with Gasteiger partial charge in [0.1, 0.15) is 5.15 Å². The zero-order valence-corrected chi connectivity index (χ0v) is 12.5. The Balaban J connectivity index is 2.16. The van der Waals surface area contributed by atoms with Gasteiger partial charge >= 0.3 is 0 Å². The van der Waals surface area contributed by atoms with Crippen molar-refractivity contribution in [3.05, 3.63) is 58.1 Å². The number of amides is 1. The lowest BCUT2D eigenvalue weighted by Gasteiger charge is -2.17. The first-order valence-electron chi connectivity index (χ1n) is 6.28. The number of carbonyl (C=O) groups excluding carboxylic acids is 1. The fourth-order valence-corrected chi connectivity index (χ4v) is 2.23. The summed E-state index contributed by atoms with van der Waals surface area (Å²) in [7, 11) is 1.75. The van der Waals surface area contributed by atoms with E-state index in [-0.39, 0.29) is 5.91 Å². The van der Waals surface area contributed by atoms with Crippen LogP contribution in [0.1, 0.15) is 27.4 Å². The maximum Gasteiger partial charge on any atom is 0.254 e. The van der Waals surface area contributed by atoms with E-state index in [9.17, 15) is 4.79 Å². The van der Waals surface area contributed by atoms with Gasteiger partial charge in [-0.3, -0.25) is 9.78 Å². The van der Waals surface area contributed by atoms with Gasteiger partial charge in [0.15, 0.2) is 0 Å². The largest absolute Gasteiger partial charge is 0.336 e. The Hall–Kier alpha value is -1.94. The normalized spacial score (nSPS) is 10.4. The van der Waals surface area contributed by atoms with Gasteiger partial charge in [-0.2, -0.15) is 0 Å². The molecule has 104 valence electrons. The molecule has 0 unspecified atom stereocenters. The Morgan fingerprint density at radius 3 is 2.60 bits per heavy atom. The van der Waals surface area contributed by atoms with Gasteiger partial charge in [-0.25, -0.2) is 4.98 Å². The van der Waals surface area contributed by atoms with E-state index < -0.39 is 0 Å². The summed E-state index contributed by atoms with van der Waals surface area (Å²) in [6.45, 7) is 4.20. The summed E-state index contributed by atoms with van der Waals surface area (Å²) in [5, 5.41) is 0.329. The summed E-state index contributed by atoms with van der Waals surface area (Å²) in [4.78, 5) is 22.4. The second-order valence-electron chi connectivity index (χ2n) is 4.75. The molecule has 0 aliphatic rings. The van der Waals surface area contributed by atoms with Crippen molar-refractivity contribution in [3.8, 4) is 0 Å². The molecule has 20 heavy (non-hydrogen) atoms. The molecule has 1 amide bonds. The van der Waals surface area contributed by atoms with Crippen molar-refractivity contribution >= 4 is 17.5 Å². The molecule has 0 spiro atoms. The monoisotopic (exact) mass is 289 g/mol. The minimum Gasteiger partial charge on any atom is -0.336 e. The highest BCUT2D eigenvalue weighted by atomic mass is 35.5. The van der Waals surface area contributed by atoms with Crippen LogP contribution in [0.25, 0.3) is 0 Å². The third kappa shape index (κ3) is 3.54. The van der Waals surface area contributed by atoms with Gasteiger partial charge in [0.25, 0.3) is 5.91 Å². The van der Waals surface area contributed by atoms with Gasteiger partial charge in [0, 0.05) is 24.0 Å². The SMILES string of the molecule is Cc1cc(C(=O)N(C)Cc2cccc(C)n2)cc(Cl)n1. The number of pyridine rings is 2. The molecule has 0 aliphatic carbocycles. The van der Waals surface area contributed by atoms with Crippen LogP contribution in [0.4, 0.5) is 0 Å². The van der Waals surface area contributed by atoms with Crippen LogP contribution in [-0.2, 0) is 6.54 Å². The number of hydrogen-bond acceptors (Lipinski definition) is 3. The molecule has 4 nitrogen and oxygen atoms in total. The summed E-state index contributed by atoms with van der Waals surface area (Å²) in [5.74, 6) is -0.0966. The smallest absolute Gasteiger partial charge is 0.254 e. The van der Waals surface area contributed by atoms with Crippen molar-refractivity contribution in [3.63, 3.8) is 0 Å². The van der Waals surface area contributed by atoms with Gasteiger partial charge in [-0.05, 0) is 38.1 Å². The molecule has 2 aromatic rings. The van der Waals surface area contributed by atoms with Gasteiger partial charge in [-0.15, -0.1) is 0 Å². The van der Waals surface area contributed by atoms with Gasteiger partial charge < -0.3 is 4.90 Å². The summed E-state index contributed by atoms with van der Waals surface area (Å²) in [6.07, 6.45) is 0. The fourth-order valence-electron chi connectivity index (χ4n) is 1.97. The molecule has 0 saturated carbocycles. The van der Waals surface area contributed by atoms with Crippen molar-refractivity contribution in [1.82, 2.24) is 14.9 Å². The molecular weight excluding hydrogens is 274 g/mol. The molecule has 0 aromatic carbocycles. The van der Waals surface area contributed by atoms with Crippen LogP contribution in [0.2, 0.25) is 5.15 Å². The fraction of sp³-hybridized carbons (Fsp3) is 0.267. The maximum atomic E-state index is 12.4. The van der Waals surface area contributed by atoms with E-state index in [0.717, 1.165) is 17.1 Å². The first-order chi connectivity index (χ1) is 9.45. The highest BCUT2D eigenvalue weighted by Crippen LogP contribution is 2.13. The molecule has 0 saturated heterocycles. The highest BCUT2D eigenvalue weighted by Gasteiger charge is 2.14. The Morgan fingerprint density at radius 1 is 1.20 bits per heavy atom. The minimum absolute atomic E-state index is 0.0966. The summed E-state index contributed by atoms with van der Waals surface area (Å²) < 4.78 is 0. The summed E-state index contributed by atoms with van der Waals surface area (Å²) >= 11 is 5.89. The lowest BCUT2D eigenvalue weighted by molar-refractivity contribution is 0.0783. The number of rotatable bonds is 3. The summed E-state index contributed by atoms with van der Waals surface area (Å²) in [6, 6.07) is 9.08. The zero-order valence-electron chi connectivity index (χ0n) is 11.7. The van der Waals surface area contributed by atoms with Crippen molar-refractivity contribution in [2.24, 2.45) is 0 Å². The predicted molar refractivity (Wildman–Crippen MR) is 78.8 cm³/mol. The Bertz CT molecular complexity index is 623. The number of aryl methyl sites for hydroxylation is 2. The standard InChI is InChI=1S/C15H16ClN3O/c1-10-5-4-6-13(17-10)9-19(3)15(20)12-7-11(2)18-14(16)8-12/h4-8H,9H2,1-3H3. The van der Waals surface area contributed by atoms with E-state index in [1.165, 1.54) is 0 Å². The molecular formula is C15H16ClN3O. The van der Waals surface area contributed by atoms with Crippen molar-refractivity contribution < 1.29 is 4.79 Å². The number of halogens is 1. The Labute approximate surface area is 123 Å². The van der Waals surface area contributed by atoms with Crippen molar-refractivity contribution in [2.45, 2.75) is 20.4 Å². The number of nitrogens with zero attached hydrogens (tertiary/aromatic N) is 3. The first kappa shape index (κ1) is 14.5. The van der Waals surface area contributed by atoms with E-state index in [1.807, 2.05) is 32.0 Å². The van der Waals surface area contributed by atoms with Gasteiger partial charge in [0.2, 0.25) is 0 Å². The molecule has 0 aliphatic heterocycles. The number of hydrogen-bond donors (Lipinski definition) is 0.